The predicted octanol–water partition coefficient (Wildman–Crippen LogP) is -2.52. The fourth-order valence-corrected chi connectivity index (χ4v) is 3.10. The van der Waals surface area contributed by atoms with Gasteiger partial charge in [-0.15, -0.1) is 0 Å². The van der Waals surface area contributed by atoms with E-state index < -0.39 is 60.2 Å². The van der Waals surface area contributed by atoms with Gasteiger partial charge in [-0.25, -0.2) is 9.78 Å². The van der Waals surface area contributed by atoms with E-state index in [4.69, 9.17) is 17.2 Å². The average molecular weight is 497 g/mol. The van der Waals surface area contributed by atoms with E-state index in [1.54, 1.807) is 13.8 Å². The zero-order valence-corrected chi connectivity index (χ0v) is 20.0. The van der Waals surface area contributed by atoms with Crippen LogP contribution in [0.4, 0.5) is 0 Å². The Labute approximate surface area is 203 Å². The van der Waals surface area contributed by atoms with Crippen LogP contribution < -0.4 is 33.2 Å². The maximum atomic E-state index is 13.0. The predicted molar refractivity (Wildman–Crippen MR) is 125 cm³/mol. The lowest BCUT2D eigenvalue weighted by molar-refractivity contribution is -0.142. The molecular weight excluding hydrogens is 460 g/mol. The molecule has 0 aliphatic heterocycles. The normalized spacial score (nSPS) is 14.4. The molecule has 14 heteroatoms. The number of aliphatic carboxylic acids is 1. The van der Waals surface area contributed by atoms with Crippen LogP contribution in [0.25, 0.3) is 0 Å². The molecule has 0 spiro atoms. The molecule has 0 saturated carbocycles. The zero-order valence-electron chi connectivity index (χ0n) is 20.0. The molecule has 1 aromatic rings. The van der Waals surface area contributed by atoms with Crippen molar-refractivity contribution in [1.82, 2.24) is 25.9 Å². The second-order valence-corrected chi connectivity index (χ2v) is 8.53. The summed E-state index contributed by atoms with van der Waals surface area (Å²) < 4.78 is 0. The molecular formula is C21H36N8O6. The van der Waals surface area contributed by atoms with Crippen LogP contribution in [-0.4, -0.2) is 75.4 Å². The van der Waals surface area contributed by atoms with Gasteiger partial charge in [0.1, 0.15) is 18.1 Å². The number of carbonyl (C=O) groups is 5. The summed E-state index contributed by atoms with van der Waals surface area (Å²) >= 11 is 0. The highest BCUT2D eigenvalue weighted by Gasteiger charge is 2.31. The summed E-state index contributed by atoms with van der Waals surface area (Å²) in [5.41, 5.74) is 17.1. The van der Waals surface area contributed by atoms with Crippen LogP contribution in [0.2, 0.25) is 0 Å². The van der Waals surface area contributed by atoms with Gasteiger partial charge in [-0.3, -0.25) is 19.2 Å². The number of nitrogens with two attached hydrogens (primary N) is 3. The Morgan fingerprint density at radius 3 is 2.11 bits per heavy atom. The summed E-state index contributed by atoms with van der Waals surface area (Å²) in [6, 6.07) is -4.73. The summed E-state index contributed by atoms with van der Waals surface area (Å²) in [5, 5.41) is 16.7. The van der Waals surface area contributed by atoms with Crippen molar-refractivity contribution in [2.24, 2.45) is 23.1 Å². The van der Waals surface area contributed by atoms with Gasteiger partial charge < -0.3 is 43.2 Å². The number of imidazole rings is 1. The third-order valence-corrected chi connectivity index (χ3v) is 5.23. The number of carboxylic acid groups (broad SMARTS) is 1. The first-order valence-electron chi connectivity index (χ1n) is 11.3. The van der Waals surface area contributed by atoms with Crippen molar-refractivity contribution < 1.29 is 29.1 Å². The van der Waals surface area contributed by atoms with Crippen LogP contribution in [0.3, 0.4) is 0 Å². The van der Waals surface area contributed by atoms with Crippen molar-refractivity contribution in [3.05, 3.63) is 18.2 Å². The van der Waals surface area contributed by atoms with Crippen molar-refractivity contribution in [2.45, 2.75) is 70.1 Å². The number of nitrogens with zero attached hydrogens (tertiary/aromatic N) is 1. The first-order chi connectivity index (χ1) is 16.5. The number of amides is 4. The highest BCUT2D eigenvalue weighted by atomic mass is 16.4. The molecule has 4 amide bonds. The number of aromatic amines is 1. The van der Waals surface area contributed by atoms with E-state index >= 15 is 0 Å². The molecule has 11 N–H and O–H groups in total. The second kappa shape index (κ2) is 14.7. The average Bonchev–Trinajstić information content (AvgIpc) is 3.29. The molecule has 1 rings (SSSR count). The molecule has 196 valence electrons. The zero-order chi connectivity index (χ0) is 26.5. The number of hydrogen-bond donors (Lipinski definition) is 8. The van der Waals surface area contributed by atoms with E-state index in [9.17, 15) is 29.1 Å². The lowest BCUT2D eigenvalue weighted by atomic mass is 10.0. The summed E-state index contributed by atoms with van der Waals surface area (Å²) in [7, 11) is 0. The minimum absolute atomic E-state index is 0.108. The maximum Gasteiger partial charge on any atom is 0.326 e. The van der Waals surface area contributed by atoms with Gasteiger partial charge >= 0.3 is 5.97 Å². The van der Waals surface area contributed by atoms with Crippen molar-refractivity contribution in [1.29, 1.82) is 0 Å². The van der Waals surface area contributed by atoms with Gasteiger partial charge in [0.15, 0.2) is 0 Å². The van der Waals surface area contributed by atoms with E-state index in [1.165, 1.54) is 12.5 Å². The molecule has 0 aliphatic rings. The molecule has 0 bridgehead atoms. The second-order valence-electron chi connectivity index (χ2n) is 8.53. The van der Waals surface area contributed by atoms with Gasteiger partial charge in [0, 0.05) is 18.3 Å². The van der Waals surface area contributed by atoms with Crippen molar-refractivity contribution in [2.75, 3.05) is 6.54 Å². The van der Waals surface area contributed by atoms with E-state index in [2.05, 4.69) is 25.9 Å². The Hall–Kier alpha value is -3.52. The first-order valence-corrected chi connectivity index (χ1v) is 11.3. The quantitative estimate of drug-likeness (QED) is 0.112. The number of carbonyl (C=O) groups excluding carboxylic acids is 4. The summed E-state index contributed by atoms with van der Waals surface area (Å²) in [5.74, 6) is -4.61. The van der Waals surface area contributed by atoms with Crippen LogP contribution in [0.15, 0.2) is 12.5 Å². The topological polar surface area (TPSA) is 248 Å². The van der Waals surface area contributed by atoms with E-state index in [1.807, 2.05) is 0 Å². The number of H-pyrrole nitrogens is 1. The number of hydrogen-bond acceptors (Lipinski definition) is 8. The highest BCUT2D eigenvalue weighted by Crippen LogP contribution is 2.06. The molecule has 0 saturated heterocycles. The number of nitrogens with one attached hydrogen (secondary N) is 4. The van der Waals surface area contributed by atoms with Gasteiger partial charge in [-0.1, -0.05) is 13.8 Å². The number of rotatable bonds is 16. The largest absolute Gasteiger partial charge is 0.480 e. The third-order valence-electron chi connectivity index (χ3n) is 5.23. The smallest absolute Gasteiger partial charge is 0.326 e. The monoisotopic (exact) mass is 496 g/mol. The molecule has 0 fully saturated rings. The Morgan fingerprint density at radius 1 is 1.00 bits per heavy atom. The fraction of sp³-hybridized carbons (Fsp3) is 0.619. The molecule has 1 aromatic heterocycles. The molecule has 1 heterocycles. The Balaban J connectivity index is 2.98. The molecule has 0 radical (unpaired) electrons. The van der Waals surface area contributed by atoms with Crippen LogP contribution >= 0.6 is 0 Å². The van der Waals surface area contributed by atoms with E-state index in [0.29, 0.717) is 25.1 Å². The molecule has 0 aliphatic carbocycles. The fourth-order valence-electron chi connectivity index (χ4n) is 3.10. The Morgan fingerprint density at radius 2 is 1.60 bits per heavy atom. The van der Waals surface area contributed by atoms with Crippen LogP contribution in [0.1, 0.15) is 45.2 Å². The van der Waals surface area contributed by atoms with Gasteiger partial charge in [0.05, 0.1) is 18.8 Å². The lowest BCUT2D eigenvalue weighted by Gasteiger charge is -2.25. The molecule has 35 heavy (non-hydrogen) atoms. The number of unbranched alkanes of at least 4 members (excludes halogenated alkanes) is 1. The molecule has 0 aromatic carbocycles. The minimum Gasteiger partial charge on any atom is -0.480 e. The molecule has 4 atom stereocenters. The Kier molecular flexibility index (Phi) is 12.4. The van der Waals surface area contributed by atoms with Crippen molar-refractivity contribution in [3.63, 3.8) is 0 Å². The SMILES string of the molecule is CC(C)C(N)C(=O)NC(CCCCN)C(=O)NC(CC(N)=O)C(=O)NC(Cc1cnc[nH]1)C(=O)O. The van der Waals surface area contributed by atoms with Crippen LogP contribution in [0.5, 0.6) is 0 Å². The van der Waals surface area contributed by atoms with Gasteiger partial charge in [-0.05, 0) is 31.7 Å². The van der Waals surface area contributed by atoms with Crippen molar-refractivity contribution >= 4 is 29.6 Å². The standard InChI is InChI=1S/C21H36N8O6/c1-11(2)17(24)20(33)27-13(5-3-4-6-22)18(31)28-14(8-16(23)30)19(32)29-15(21(34)35)7-12-9-25-10-26-12/h9-11,13-15,17H,3-8,22,24H2,1-2H3,(H2,23,30)(H,25,26)(H,27,33)(H,28,31)(H,29,32)(H,34,35). The van der Waals surface area contributed by atoms with E-state index in [-0.39, 0.29) is 18.8 Å². The molecule has 14 nitrogen and oxygen atoms in total. The Bertz CT molecular complexity index is 860. The van der Waals surface area contributed by atoms with Crippen LogP contribution in [-0.2, 0) is 30.4 Å². The molecule has 4 unspecified atom stereocenters. The van der Waals surface area contributed by atoms with Gasteiger partial charge in [-0.2, -0.15) is 0 Å². The summed E-state index contributed by atoms with van der Waals surface area (Å²) in [6.45, 7) is 3.89. The van der Waals surface area contributed by atoms with Gasteiger partial charge in [0.2, 0.25) is 23.6 Å². The number of aromatic nitrogens is 2. The van der Waals surface area contributed by atoms with Gasteiger partial charge in [0.25, 0.3) is 0 Å². The van der Waals surface area contributed by atoms with Crippen molar-refractivity contribution in [3.8, 4) is 0 Å². The van der Waals surface area contributed by atoms with Crippen LogP contribution in [0, 0.1) is 5.92 Å². The van der Waals surface area contributed by atoms with E-state index in [0.717, 1.165) is 0 Å². The third kappa shape index (κ3) is 10.5. The first kappa shape index (κ1) is 29.5. The highest BCUT2D eigenvalue weighted by molar-refractivity contribution is 5.96. The lowest BCUT2D eigenvalue weighted by Crippen LogP contribution is -2.58. The number of primary amides is 1. The summed E-state index contributed by atoms with van der Waals surface area (Å²) in [6.07, 6.45) is 3.38. The maximum absolute atomic E-state index is 13.0. The summed E-state index contributed by atoms with van der Waals surface area (Å²) in [4.78, 5) is 67.9. The minimum atomic E-state index is -1.46. The number of carboxylic acids is 1.